The first kappa shape index (κ1) is 8.16. The molecule has 0 spiro atoms. The van der Waals surface area contributed by atoms with Crippen LogP contribution in [0, 0.1) is 0 Å². The second-order valence-corrected chi connectivity index (χ2v) is 2.38. The van der Waals surface area contributed by atoms with Crippen LogP contribution in [0.4, 0.5) is 0 Å². The Labute approximate surface area is 65.1 Å². The maximum Gasteiger partial charge on any atom is 0.102 e. The first-order valence-electron chi connectivity index (χ1n) is 3.34. The molecule has 0 aliphatic rings. The highest BCUT2D eigenvalue weighted by Crippen LogP contribution is 2.03. The molecule has 2 N–H and O–H groups in total. The van der Waals surface area contributed by atoms with E-state index in [2.05, 4.69) is 10.3 Å². The highest BCUT2D eigenvalue weighted by Gasteiger charge is 2.08. The molecule has 0 saturated heterocycles. The zero-order valence-electron chi connectivity index (χ0n) is 6.69. The van der Waals surface area contributed by atoms with Crippen molar-refractivity contribution in [1.29, 1.82) is 0 Å². The Morgan fingerprint density at radius 2 is 2.55 bits per heavy atom. The van der Waals surface area contributed by atoms with Gasteiger partial charge in [-0.2, -0.15) is 0 Å². The quantitative estimate of drug-likeness (QED) is 0.638. The largest absolute Gasteiger partial charge is 0.383 e. The molecule has 1 heterocycles. The molecule has 0 aromatic carbocycles. The molecule has 0 radical (unpaired) electrons. The molecule has 11 heavy (non-hydrogen) atoms. The molecule has 0 bridgehead atoms. The summed E-state index contributed by atoms with van der Waals surface area (Å²) >= 11 is 0. The Morgan fingerprint density at radius 1 is 1.82 bits per heavy atom. The van der Waals surface area contributed by atoms with E-state index in [1.165, 1.54) is 0 Å². The second-order valence-electron chi connectivity index (χ2n) is 2.38. The number of ether oxygens (including phenoxy) is 1. The first-order chi connectivity index (χ1) is 5.24. The van der Waals surface area contributed by atoms with E-state index in [-0.39, 0.29) is 6.04 Å². The lowest BCUT2D eigenvalue weighted by Crippen LogP contribution is -2.16. The zero-order valence-corrected chi connectivity index (χ0v) is 6.69. The number of aromatic nitrogens is 3. The number of hydrogen-bond acceptors (Lipinski definition) is 4. The van der Waals surface area contributed by atoms with Gasteiger partial charge in [0.1, 0.15) is 5.69 Å². The van der Waals surface area contributed by atoms with E-state index >= 15 is 0 Å². The number of nitrogens with two attached hydrogens (primary N) is 1. The molecule has 5 heteroatoms. The van der Waals surface area contributed by atoms with Crippen molar-refractivity contribution in [2.45, 2.75) is 6.04 Å². The van der Waals surface area contributed by atoms with E-state index in [0.29, 0.717) is 6.61 Å². The van der Waals surface area contributed by atoms with Gasteiger partial charge in [0.25, 0.3) is 0 Å². The Balaban J connectivity index is 2.60. The fraction of sp³-hybridized carbons (Fsp3) is 0.667. The minimum absolute atomic E-state index is 0.173. The van der Waals surface area contributed by atoms with Crippen molar-refractivity contribution in [3.05, 3.63) is 11.9 Å². The molecule has 1 unspecified atom stereocenters. The Morgan fingerprint density at radius 3 is 3.00 bits per heavy atom. The maximum absolute atomic E-state index is 5.68. The third kappa shape index (κ3) is 1.99. The van der Waals surface area contributed by atoms with Crippen LogP contribution in [0.2, 0.25) is 0 Å². The maximum atomic E-state index is 5.68. The van der Waals surface area contributed by atoms with E-state index in [0.717, 1.165) is 5.69 Å². The lowest BCUT2D eigenvalue weighted by atomic mass is 10.2. The van der Waals surface area contributed by atoms with Gasteiger partial charge in [0, 0.05) is 20.4 Å². The van der Waals surface area contributed by atoms with Crippen LogP contribution in [0.3, 0.4) is 0 Å². The van der Waals surface area contributed by atoms with Crippen LogP contribution in [0.25, 0.3) is 0 Å². The van der Waals surface area contributed by atoms with Crippen LogP contribution in [0.5, 0.6) is 0 Å². The minimum Gasteiger partial charge on any atom is -0.383 e. The van der Waals surface area contributed by atoms with Crippen molar-refractivity contribution in [2.24, 2.45) is 12.8 Å². The molecule has 1 aromatic rings. The summed E-state index contributed by atoms with van der Waals surface area (Å²) in [5.41, 5.74) is 6.44. The highest BCUT2D eigenvalue weighted by molar-refractivity contribution is 4.98. The summed E-state index contributed by atoms with van der Waals surface area (Å²) in [6.45, 7) is 0.471. The average Bonchev–Trinajstić information content (AvgIpc) is 2.36. The summed E-state index contributed by atoms with van der Waals surface area (Å²) in [7, 11) is 3.41. The van der Waals surface area contributed by atoms with Crippen LogP contribution in [-0.4, -0.2) is 28.7 Å². The van der Waals surface area contributed by atoms with Crippen molar-refractivity contribution in [3.63, 3.8) is 0 Å². The van der Waals surface area contributed by atoms with Gasteiger partial charge in [-0.25, -0.2) is 0 Å². The summed E-state index contributed by atoms with van der Waals surface area (Å²) in [6, 6.07) is -0.173. The lowest BCUT2D eigenvalue weighted by Gasteiger charge is -2.04. The van der Waals surface area contributed by atoms with E-state index < -0.39 is 0 Å². The van der Waals surface area contributed by atoms with Crippen molar-refractivity contribution in [1.82, 2.24) is 15.0 Å². The standard InChI is InChI=1S/C6H12N4O/c1-10-3-6(8-9-10)5(7)4-11-2/h3,5H,4,7H2,1-2H3. The van der Waals surface area contributed by atoms with Gasteiger partial charge in [-0.3, -0.25) is 4.68 Å². The number of hydrogen-bond donors (Lipinski definition) is 1. The third-order valence-electron chi connectivity index (χ3n) is 1.35. The highest BCUT2D eigenvalue weighted by atomic mass is 16.5. The Hall–Kier alpha value is -0.940. The molecule has 62 valence electrons. The van der Waals surface area contributed by atoms with Crippen molar-refractivity contribution in [3.8, 4) is 0 Å². The predicted molar refractivity (Wildman–Crippen MR) is 39.8 cm³/mol. The average molecular weight is 156 g/mol. The van der Waals surface area contributed by atoms with Gasteiger partial charge in [-0.1, -0.05) is 5.21 Å². The van der Waals surface area contributed by atoms with Gasteiger partial charge in [-0.15, -0.1) is 5.10 Å². The molecule has 0 amide bonds. The molecule has 1 atom stereocenters. The summed E-state index contributed by atoms with van der Waals surface area (Å²) in [5, 5.41) is 7.59. The van der Waals surface area contributed by atoms with Crippen molar-refractivity contribution < 1.29 is 4.74 Å². The number of aryl methyl sites for hydroxylation is 1. The van der Waals surface area contributed by atoms with Crippen LogP contribution < -0.4 is 5.73 Å². The molecule has 0 aliphatic carbocycles. The van der Waals surface area contributed by atoms with Crippen LogP contribution >= 0.6 is 0 Å². The molecular formula is C6H12N4O. The Bertz CT molecular complexity index is 222. The van der Waals surface area contributed by atoms with Crippen molar-refractivity contribution >= 4 is 0 Å². The minimum atomic E-state index is -0.173. The molecule has 1 rings (SSSR count). The molecule has 0 aliphatic heterocycles. The monoisotopic (exact) mass is 156 g/mol. The summed E-state index contributed by atoms with van der Waals surface area (Å²) < 4.78 is 6.48. The lowest BCUT2D eigenvalue weighted by molar-refractivity contribution is 0.179. The van der Waals surface area contributed by atoms with E-state index in [1.54, 1.807) is 25.0 Å². The predicted octanol–water partition coefficient (Wildman–Crippen LogP) is -0.539. The SMILES string of the molecule is COCC(N)c1cn(C)nn1. The molecule has 0 fully saturated rings. The summed E-state index contributed by atoms with van der Waals surface area (Å²) in [6.07, 6.45) is 1.78. The van der Waals surface area contributed by atoms with E-state index in [9.17, 15) is 0 Å². The number of rotatable bonds is 3. The van der Waals surface area contributed by atoms with Gasteiger partial charge in [0.2, 0.25) is 0 Å². The van der Waals surface area contributed by atoms with Crippen LogP contribution in [-0.2, 0) is 11.8 Å². The van der Waals surface area contributed by atoms with Crippen LogP contribution in [0.15, 0.2) is 6.20 Å². The molecule has 5 nitrogen and oxygen atoms in total. The van der Waals surface area contributed by atoms with Gasteiger partial charge in [0.05, 0.1) is 12.6 Å². The zero-order chi connectivity index (χ0) is 8.27. The third-order valence-corrected chi connectivity index (χ3v) is 1.35. The van der Waals surface area contributed by atoms with Crippen LogP contribution in [0.1, 0.15) is 11.7 Å². The van der Waals surface area contributed by atoms with E-state index in [1.807, 2.05) is 0 Å². The van der Waals surface area contributed by atoms with E-state index in [4.69, 9.17) is 10.5 Å². The second kappa shape index (κ2) is 3.45. The topological polar surface area (TPSA) is 66.0 Å². The Kier molecular flexibility index (Phi) is 2.56. The molecule has 0 saturated carbocycles. The van der Waals surface area contributed by atoms with Gasteiger partial charge in [0.15, 0.2) is 0 Å². The summed E-state index contributed by atoms with van der Waals surface area (Å²) in [5.74, 6) is 0. The number of nitrogens with zero attached hydrogens (tertiary/aromatic N) is 3. The fourth-order valence-corrected chi connectivity index (χ4v) is 0.800. The molecule has 1 aromatic heterocycles. The normalized spacial score (nSPS) is 13.4. The number of methoxy groups -OCH3 is 1. The van der Waals surface area contributed by atoms with Crippen molar-refractivity contribution in [2.75, 3.05) is 13.7 Å². The van der Waals surface area contributed by atoms with Gasteiger partial charge in [-0.05, 0) is 0 Å². The van der Waals surface area contributed by atoms with Gasteiger partial charge >= 0.3 is 0 Å². The fourth-order valence-electron chi connectivity index (χ4n) is 0.800. The first-order valence-corrected chi connectivity index (χ1v) is 3.34. The van der Waals surface area contributed by atoms with Gasteiger partial charge < -0.3 is 10.5 Å². The smallest absolute Gasteiger partial charge is 0.102 e. The summed E-state index contributed by atoms with van der Waals surface area (Å²) in [4.78, 5) is 0. The molecular weight excluding hydrogens is 144 g/mol.